The molecule has 184 valence electrons. The predicted octanol–water partition coefficient (Wildman–Crippen LogP) is 4.69. The van der Waals surface area contributed by atoms with E-state index in [1.165, 1.54) is 11.6 Å². The van der Waals surface area contributed by atoms with Crippen LogP contribution in [0.4, 0.5) is 4.39 Å². The average molecular weight is 480 g/mol. The highest BCUT2D eigenvalue weighted by Gasteiger charge is 2.63. The highest BCUT2D eigenvalue weighted by atomic mass is 19.1. The Morgan fingerprint density at radius 1 is 1.20 bits per heavy atom. The van der Waals surface area contributed by atoms with Gasteiger partial charge in [0.2, 0.25) is 5.90 Å². The maximum absolute atomic E-state index is 14.6. The molecule has 1 aliphatic heterocycles. The lowest BCUT2D eigenvalue weighted by Gasteiger charge is -2.20. The fraction of sp³-hybridized carbons (Fsp3) is 0.429. The molecule has 5 rings (SSSR count). The number of aliphatic hydroxyl groups is 1. The molecule has 0 amide bonds. The molecule has 0 spiro atoms. The molecule has 7 heteroatoms. The molecule has 0 aromatic heterocycles. The molecular formula is C28H30FNO5. The Bertz CT molecular complexity index is 1210. The van der Waals surface area contributed by atoms with Gasteiger partial charge in [0.1, 0.15) is 24.8 Å². The second kappa shape index (κ2) is 9.11. The van der Waals surface area contributed by atoms with Gasteiger partial charge < -0.3 is 19.7 Å². The lowest BCUT2D eigenvalue weighted by atomic mass is 9.92. The summed E-state index contributed by atoms with van der Waals surface area (Å²) in [4.78, 5) is 15.8. The lowest BCUT2D eigenvalue weighted by Crippen LogP contribution is -2.20. The fourth-order valence-electron chi connectivity index (χ4n) is 5.79. The number of carbonyl (C=O) groups is 1. The van der Waals surface area contributed by atoms with E-state index in [2.05, 4.69) is 4.99 Å². The van der Waals surface area contributed by atoms with Crippen LogP contribution in [-0.4, -0.2) is 41.3 Å². The van der Waals surface area contributed by atoms with Crippen molar-refractivity contribution in [3.05, 3.63) is 64.5 Å². The minimum absolute atomic E-state index is 0.0608. The summed E-state index contributed by atoms with van der Waals surface area (Å²) in [5.74, 6) is 0.542. The van der Waals surface area contributed by atoms with Crippen molar-refractivity contribution in [1.82, 2.24) is 0 Å². The average Bonchev–Trinajstić information content (AvgIpc) is 3.40. The van der Waals surface area contributed by atoms with E-state index in [-0.39, 0.29) is 42.7 Å². The van der Waals surface area contributed by atoms with Gasteiger partial charge in [-0.25, -0.2) is 4.39 Å². The molecule has 1 unspecified atom stereocenters. The molecule has 35 heavy (non-hydrogen) atoms. The van der Waals surface area contributed by atoms with Gasteiger partial charge >= 0.3 is 5.97 Å². The lowest BCUT2D eigenvalue weighted by molar-refractivity contribution is -0.139. The smallest absolute Gasteiger partial charge is 0.307 e. The van der Waals surface area contributed by atoms with Crippen molar-refractivity contribution in [1.29, 1.82) is 0 Å². The van der Waals surface area contributed by atoms with E-state index in [9.17, 15) is 19.4 Å². The summed E-state index contributed by atoms with van der Waals surface area (Å²) in [6.07, 6.45) is 2.15. The van der Waals surface area contributed by atoms with Crippen LogP contribution in [0.25, 0.3) is 11.1 Å². The van der Waals surface area contributed by atoms with E-state index in [1.54, 1.807) is 13.0 Å². The topological polar surface area (TPSA) is 88.4 Å². The number of aliphatic carboxylic acids is 1. The number of rotatable bonds is 7. The normalized spacial score (nSPS) is 25.2. The first-order valence-corrected chi connectivity index (χ1v) is 12.0. The Hall–Kier alpha value is -3.19. The summed E-state index contributed by atoms with van der Waals surface area (Å²) < 4.78 is 26.2. The van der Waals surface area contributed by atoms with Crippen LogP contribution in [0.5, 0.6) is 5.75 Å². The molecule has 1 heterocycles. The molecule has 0 saturated heterocycles. The number of ether oxygens (including phenoxy) is 2. The van der Waals surface area contributed by atoms with Crippen molar-refractivity contribution in [2.24, 2.45) is 28.7 Å². The summed E-state index contributed by atoms with van der Waals surface area (Å²) in [6.45, 7) is 6.46. The fourth-order valence-corrected chi connectivity index (χ4v) is 5.79. The second-order valence-electron chi connectivity index (χ2n) is 10.0. The van der Waals surface area contributed by atoms with Gasteiger partial charge in [-0.15, -0.1) is 0 Å². The molecule has 2 N–H and O–H groups in total. The zero-order chi connectivity index (χ0) is 24.9. The van der Waals surface area contributed by atoms with Crippen molar-refractivity contribution in [2.45, 2.75) is 39.9 Å². The molecule has 2 aliphatic carbocycles. The Kier molecular flexibility index (Phi) is 6.13. The summed E-state index contributed by atoms with van der Waals surface area (Å²) in [5, 5.41) is 18.8. The van der Waals surface area contributed by atoms with Gasteiger partial charge in [0, 0.05) is 18.0 Å². The quantitative estimate of drug-likeness (QED) is 0.602. The van der Waals surface area contributed by atoms with Gasteiger partial charge in [0.25, 0.3) is 0 Å². The number of aryl methyl sites for hydroxylation is 2. The molecule has 6 nitrogen and oxygen atoms in total. The largest absolute Gasteiger partial charge is 0.491 e. The zero-order valence-electron chi connectivity index (χ0n) is 20.1. The maximum atomic E-state index is 14.6. The van der Waals surface area contributed by atoms with Crippen LogP contribution in [0.2, 0.25) is 0 Å². The third kappa shape index (κ3) is 4.57. The van der Waals surface area contributed by atoms with Crippen molar-refractivity contribution in [3.8, 4) is 16.9 Å². The summed E-state index contributed by atoms with van der Waals surface area (Å²) >= 11 is 0. The van der Waals surface area contributed by atoms with Gasteiger partial charge in [-0.1, -0.05) is 11.6 Å². The van der Waals surface area contributed by atoms with Crippen molar-refractivity contribution in [2.75, 3.05) is 13.2 Å². The number of carboxylic acid groups (broad SMARTS) is 1. The van der Waals surface area contributed by atoms with E-state index in [4.69, 9.17) is 9.47 Å². The van der Waals surface area contributed by atoms with Gasteiger partial charge in [-0.2, -0.15) is 0 Å². The molecule has 3 aliphatic rings. The van der Waals surface area contributed by atoms with Gasteiger partial charge in [-0.3, -0.25) is 9.79 Å². The Morgan fingerprint density at radius 2 is 1.94 bits per heavy atom. The molecule has 2 fully saturated rings. The van der Waals surface area contributed by atoms with Crippen molar-refractivity contribution >= 4 is 11.9 Å². The summed E-state index contributed by atoms with van der Waals surface area (Å²) in [7, 11) is 0. The van der Waals surface area contributed by atoms with Crippen LogP contribution in [-0.2, 0) is 16.1 Å². The number of hydrogen-bond acceptors (Lipinski definition) is 5. The molecular weight excluding hydrogens is 449 g/mol. The van der Waals surface area contributed by atoms with E-state index < -0.39 is 12.1 Å². The Labute approximate surface area is 204 Å². The number of carboxylic acids is 1. The Balaban J connectivity index is 1.28. The molecule has 2 aromatic rings. The van der Waals surface area contributed by atoms with Gasteiger partial charge in [0.05, 0.1) is 12.0 Å². The first-order valence-electron chi connectivity index (χ1n) is 12.0. The minimum Gasteiger partial charge on any atom is -0.491 e. The monoisotopic (exact) mass is 479 g/mol. The van der Waals surface area contributed by atoms with Crippen LogP contribution in [0.3, 0.4) is 0 Å². The predicted molar refractivity (Wildman–Crippen MR) is 130 cm³/mol. The molecule has 0 bridgehead atoms. The van der Waals surface area contributed by atoms with Gasteiger partial charge in [-0.05, 0) is 91.6 Å². The van der Waals surface area contributed by atoms with Crippen molar-refractivity contribution < 1.29 is 28.9 Å². The van der Waals surface area contributed by atoms with Crippen LogP contribution in [0.15, 0.2) is 47.0 Å². The van der Waals surface area contributed by atoms with E-state index >= 15 is 0 Å². The van der Waals surface area contributed by atoms with Crippen LogP contribution in [0.1, 0.15) is 30.0 Å². The van der Waals surface area contributed by atoms with Crippen LogP contribution < -0.4 is 4.74 Å². The third-order valence-corrected chi connectivity index (χ3v) is 7.39. The SMILES string of the molecule is Cc1cc(OC[C@H](C)O)cc(C)c1-c1ccc(F)c(COC2=NCC3C(=C2)C[C@H]2[C@H](C(=O)O)[C@@H]32)c1. The van der Waals surface area contributed by atoms with Crippen molar-refractivity contribution in [3.63, 3.8) is 0 Å². The zero-order valence-corrected chi connectivity index (χ0v) is 20.1. The first kappa shape index (κ1) is 23.5. The number of hydrogen-bond donors (Lipinski definition) is 2. The second-order valence-corrected chi connectivity index (χ2v) is 10.0. The van der Waals surface area contributed by atoms with Crippen LogP contribution >= 0.6 is 0 Å². The standard InChI is InChI=1S/C28H30FNO5/c1-14-6-20(34-12-16(3)31)7-15(2)25(14)17-4-5-23(29)19(8-17)13-35-24-10-18-9-21-26(22(18)11-30-24)27(21)28(32)33/h4-8,10,16,21-22,26-27,31H,9,11-13H2,1-3H3,(H,32,33)/t16-,21+,22?,26+,27-/m0/s1. The number of dihydropyridines is 1. The third-order valence-electron chi connectivity index (χ3n) is 7.39. The van der Waals surface area contributed by atoms with Crippen LogP contribution in [0, 0.1) is 43.3 Å². The van der Waals surface area contributed by atoms with E-state index in [0.717, 1.165) is 28.7 Å². The highest BCUT2D eigenvalue weighted by Crippen LogP contribution is 2.63. The molecule has 0 radical (unpaired) electrons. The van der Waals surface area contributed by atoms with E-state index in [1.807, 2.05) is 38.1 Å². The molecule has 2 saturated carbocycles. The van der Waals surface area contributed by atoms with E-state index in [0.29, 0.717) is 23.8 Å². The minimum atomic E-state index is -0.701. The van der Waals surface area contributed by atoms with Gasteiger partial charge in [0.15, 0.2) is 0 Å². The highest BCUT2D eigenvalue weighted by molar-refractivity contribution is 5.90. The Morgan fingerprint density at radius 3 is 2.63 bits per heavy atom. The number of nitrogens with zero attached hydrogens (tertiary/aromatic N) is 1. The number of aliphatic hydroxyl groups excluding tert-OH is 1. The molecule has 5 atom stereocenters. The first-order chi connectivity index (χ1) is 16.7. The number of halogens is 1. The number of benzene rings is 2. The number of aliphatic imine (C=N–C) groups is 1. The summed E-state index contributed by atoms with van der Waals surface area (Å²) in [5.41, 5.74) is 5.54. The summed E-state index contributed by atoms with van der Waals surface area (Å²) in [6, 6.07) is 8.87. The molecule has 2 aromatic carbocycles. The maximum Gasteiger partial charge on any atom is 0.307 e. The number of fused-ring (bicyclic) bond motifs is 3.